The molecule has 31 heavy (non-hydrogen) atoms. The molecule has 0 aliphatic carbocycles. The van der Waals surface area contributed by atoms with Gasteiger partial charge >= 0.3 is 0 Å². The van der Waals surface area contributed by atoms with E-state index in [0.717, 1.165) is 24.1 Å². The topological polar surface area (TPSA) is 98.0 Å². The maximum Gasteiger partial charge on any atom is 0.289 e. The molecule has 0 bridgehead atoms. The molecule has 1 N–H and O–H groups in total. The second kappa shape index (κ2) is 8.70. The number of anilines is 1. The average molecular weight is 421 g/mol. The molecule has 2 aromatic rings. The van der Waals surface area contributed by atoms with Crippen molar-refractivity contribution in [3.8, 4) is 5.75 Å². The van der Waals surface area contributed by atoms with Gasteiger partial charge in [-0.05, 0) is 37.5 Å². The number of benzene rings is 1. The molecule has 9 heteroatoms. The summed E-state index contributed by atoms with van der Waals surface area (Å²) in [6.07, 6.45) is 3.35. The Hall–Kier alpha value is -3.51. The quantitative estimate of drug-likeness (QED) is 0.765. The van der Waals surface area contributed by atoms with Crippen molar-refractivity contribution in [2.75, 3.05) is 31.8 Å². The molecule has 1 fully saturated rings. The summed E-state index contributed by atoms with van der Waals surface area (Å²) < 4.78 is 11.2. The summed E-state index contributed by atoms with van der Waals surface area (Å²) in [5.74, 6) is -0.173. The molecular formula is C22H23N5O4. The van der Waals surface area contributed by atoms with Crippen molar-refractivity contribution < 1.29 is 19.1 Å². The van der Waals surface area contributed by atoms with Gasteiger partial charge in [0.1, 0.15) is 18.4 Å². The number of ether oxygens (including phenoxy) is 2. The van der Waals surface area contributed by atoms with Gasteiger partial charge in [0, 0.05) is 32.4 Å². The molecule has 1 saturated heterocycles. The van der Waals surface area contributed by atoms with Crippen LogP contribution in [0.3, 0.4) is 0 Å². The van der Waals surface area contributed by atoms with E-state index in [-0.39, 0.29) is 24.3 Å². The molecule has 1 aromatic heterocycles. The second-order valence-corrected chi connectivity index (χ2v) is 7.65. The van der Waals surface area contributed by atoms with E-state index in [1.54, 1.807) is 31.4 Å². The number of nitrogens with zero attached hydrogens (tertiary/aromatic N) is 4. The summed E-state index contributed by atoms with van der Waals surface area (Å²) in [5, 5.41) is 2.70. The average Bonchev–Trinajstić information content (AvgIpc) is 2.91. The molecule has 2 aliphatic heterocycles. The van der Waals surface area contributed by atoms with Gasteiger partial charge in [0.05, 0.1) is 18.0 Å². The Bertz CT molecular complexity index is 1060. The number of likely N-dealkylation sites (N-methyl/N-ethyl adjacent to an activating group) is 1. The lowest BCUT2D eigenvalue weighted by Gasteiger charge is -2.23. The van der Waals surface area contributed by atoms with Crippen LogP contribution in [-0.4, -0.2) is 54.7 Å². The minimum atomic E-state index is -0.905. The van der Waals surface area contributed by atoms with Crippen LogP contribution in [0.5, 0.6) is 5.75 Å². The highest BCUT2D eigenvalue weighted by atomic mass is 16.5. The fraction of sp³-hybridized carbons (Fsp3) is 0.409. The third kappa shape index (κ3) is 4.20. The van der Waals surface area contributed by atoms with Gasteiger partial charge in [-0.1, -0.05) is 6.07 Å². The Kier molecular flexibility index (Phi) is 5.82. The number of carbonyl (C=O) groups excluding carboxylic acids is 2. The van der Waals surface area contributed by atoms with Gasteiger partial charge in [0.2, 0.25) is 5.82 Å². The summed E-state index contributed by atoms with van der Waals surface area (Å²) in [4.78, 5) is 39.3. The summed E-state index contributed by atoms with van der Waals surface area (Å²) in [5.41, 5.74) is 2.74. The maximum atomic E-state index is 12.9. The summed E-state index contributed by atoms with van der Waals surface area (Å²) >= 11 is 0. The molecule has 0 unspecified atom stereocenters. The first-order valence-corrected chi connectivity index (χ1v) is 10.1. The minimum absolute atomic E-state index is 0.0274. The Morgan fingerprint density at radius 3 is 2.84 bits per heavy atom. The Morgan fingerprint density at radius 1 is 1.32 bits per heavy atom. The fourth-order valence-electron chi connectivity index (χ4n) is 3.84. The standard InChI is InChI=1S/C22H23N5O4/c1-13-11-24-20(26-19(13)14-6-8-30-9-7-14)21(28)25-16-12-31-18-10-15(23-2)4-5-17(18)27(3)22(16)29/h4-5,10-11,14,16H,6-9,12H2,1,3H3,(H,25,28)/t16-/m0/s1. The zero-order valence-electron chi connectivity index (χ0n) is 17.4. The molecular weight excluding hydrogens is 398 g/mol. The summed E-state index contributed by atoms with van der Waals surface area (Å²) in [6.45, 7) is 10.4. The molecule has 1 aromatic carbocycles. The Morgan fingerprint density at radius 2 is 2.10 bits per heavy atom. The van der Waals surface area contributed by atoms with E-state index in [9.17, 15) is 9.59 Å². The van der Waals surface area contributed by atoms with E-state index in [1.165, 1.54) is 4.90 Å². The number of amides is 2. The van der Waals surface area contributed by atoms with Crippen LogP contribution < -0.4 is 15.0 Å². The lowest BCUT2D eigenvalue weighted by Crippen LogP contribution is -2.49. The van der Waals surface area contributed by atoms with Crippen LogP contribution in [0.4, 0.5) is 11.4 Å². The van der Waals surface area contributed by atoms with Gasteiger partial charge in [-0.25, -0.2) is 14.8 Å². The molecule has 1 atom stereocenters. The number of rotatable bonds is 3. The van der Waals surface area contributed by atoms with Crippen LogP contribution in [0.15, 0.2) is 24.4 Å². The van der Waals surface area contributed by atoms with E-state index < -0.39 is 11.9 Å². The van der Waals surface area contributed by atoms with Gasteiger partial charge in [0.25, 0.3) is 11.8 Å². The number of fused-ring (bicyclic) bond motifs is 1. The van der Waals surface area contributed by atoms with E-state index in [2.05, 4.69) is 20.1 Å². The van der Waals surface area contributed by atoms with Crippen LogP contribution in [0, 0.1) is 13.5 Å². The van der Waals surface area contributed by atoms with Crippen molar-refractivity contribution in [3.05, 3.63) is 52.9 Å². The fourth-order valence-corrected chi connectivity index (χ4v) is 3.84. The lowest BCUT2D eigenvalue weighted by molar-refractivity contribution is -0.120. The number of hydrogen-bond acceptors (Lipinski definition) is 6. The van der Waals surface area contributed by atoms with Gasteiger partial charge in [-0.2, -0.15) is 0 Å². The van der Waals surface area contributed by atoms with Gasteiger partial charge in [0.15, 0.2) is 5.69 Å². The zero-order chi connectivity index (χ0) is 22.0. The lowest BCUT2D eigenvalue weighted by atomic mass is 9.94. The van der Waals surface area contributed by atoms with E-state index in [4.69, 9.17) is 16.0 Å². The predicted molar refractivity (Wildman–Crippen MR) is 112 cm³/mol. The first kappa shape index (κ1) is 20.8. The Labute approximate surface area is 180 Å². The first-order valence-electron chi connectivity index (χ1n) is 10.1. The minimum Gasteiger partial charge on any atom is -0.490 e. The van der Waals surface area contributed by atoms with E-state index in [0.29, 0.717) is 30.3 Å². The van der Waals surface area contributed by atoms with Crippen LogP contribution in [-0.2, 0) is 9.53 Å². The van der Waals surface area contributed by atoms with Crippen molar-refractivity contribution in [3.63, 3.8) is 0 Å². The molecule has 2 amide bonds. The number of aromatic nitrogens is 2. The van der Waals surface area contributed by atoms with Gasteiger partial charge in [-0.15, -0.1) is 0 Å². The smallest absolute Gasteiger partial charge is 0.289 e. The highest BCUT2D eigenvalue weighted by molar-refractivity contribution is 6.02. The zero-order valence-corrected chi connectivity index (χ0v) is 17.4. The van der Waals surface area contributed by atoms with Crippen molar-refractivity contribution in [2.45, 2.75) is 31.7 Å². The molecule has 160 valence electrons. The van der Waals surface area contributed by atoms with Crippen molar-refractivity contribution in [1.82, 2.24) is 15.3 Å². The van der Waals surface area contributed by atoms with Gasteiger partial charge in [-0.3, -0.25) is 9.59 Å². The SMILES string of the molecule is [C-]#[N+]c1ccc2c(c1)OC[C@H](NC(=O)c1ncc(C)c(C3CCOCC3)n1)C(=O)N2C. The molecule has 2 aliphatic rings. The highest BCUT2D eigenvalue weighted by Gasteiger charge is 2.32. The summed E-state index contributed by atoms with van der Waals surface area (Å²) in [7, 11) is 1.61. The van der Waals surface area contributed by atoms with E-state index in [1.807, 2.05) is 6.92 Å². The van der Waals surface area contributed by atoms with Crippen molar-refractivity contribution >= 4 is 23.2 Å². The molecule has 0 saturated carbocycles. The van der Waals surface area contributed by atoms with Crippen molar-refractivity contribution in [1.29, 1.82) is 0 Å². The largest absolute Gasteiger partial charge is 0.490 e. The molecule has 3 heterocycles. The number of hydrogen-bond donors (Lipinski definition) is 1. The Balaban J connectivity index is 1.52. The highest BCUT2D eigenvalue weighted by Crippen LogP contribution is 2.34. The normalized spacial score (nSPS) is 19.1. The van der Waals surface area contributed by atoms with Crippen LogP contribution in [0.25, 0.3) is 4.85 Å². The van der Waals surface area contributed by atoms with Gasteiger partial charge < -0.3 is 19.7 Å². The molecule has 0 radical (unpaired) electrons. The van der Waals surface area contributed by atoms with Crippen LogP contribution in [0.1, 0.15) is 40.6 Å². The molecule has 4 rings (SSSR count). The predicted octanol–water partition coefficient (Wildman–Crippen LogP) is 2.38. The molecule has 0 spiro atoms. The number of aryl methyl sites for hydroxylation is 1. The first-order chi connectivity index (χ1) is 15.0. The third-order valence-corrected chi connectivity index (χ3v) is 5.60. The summed E-state index contributed by atoms with van der Waals surface area (Å²) in [6, 6.07) is 3.96. The van der Waals surface area contributed by atoms with E-state index >= 15 is 0 Å². The molecule has 9 nitrogen and oxygen atoms in total. The van der Waals surface area contributed by atoms with Crippen LogP contribution in [0.2, 0.25) is 0 Å². The third-order valence-electron chi connectivity index (χ3n) is 5.60. The monoisotopic (exact) mass is 421 g/mol. The number of carbonyl (C=O) groups is 2. The van der Waals surface area contributed by atoms with Crippen molar-refractivity contribution in [2.24, 2.45) is 0 Å². The maximum absolute atomic E-state index is 12.9. The van der Waals surface area contributed by atoms with Crippen LogP contribution >= 0.6 is 0 Å². The number of nitrogens with one attached hydrogen (secondary N) is 1. The second-order valence-electron chi connectivity index (χ2n) is 7.65.